The molecule has 1 heterocycles. The van der Waals surface area contributed by atoms with Crippen molar-refractivity contribution < 1.29 is 14.7 Å². The molecule has 3 amide bonds. The van der Waals surface area contributed by atoms with Crippen molar-refractivity contribution in [2.45, 2.75) is 44.3 Å². The lowest BCUT2D eigenvalue weighted by Gasteiger charge is -2.36. The van der Waals surface area contributed by atoms with E-state index in [4.69, 9.17) is 5.11 Å². The molecule has 0 radical (unpaired) electrons. The Balaban J connectivity index is 1.71. The molecular formula is C19H22BrN5O3. The first kappa shape index (κ1) is 20.1. The fourth-order valence-electron chi connectivity index (χ4n) is 3.41. The fourth-order valence-corrected chi connectivity index (χ4v) is 3.62. The standard InChI is InChI=1S/C19H22BrN5O3/c20-16-10-11-17(24-23-16)25(15-8-6-14(7-9-15)22-19(27)28)18(26)21-12-13-4-2-1-3-5-13/h1-5,10-11,14-15,22H,6-9,12H2,(H,21,26)(H,27,28)/t14-,15-. The van der Waals surface area contributed by atoms with Crippen molar-refractivity contribution >= 4 is 33.9 Å². The van der Waals surface area contributed by atoms with Crippen molar-refractivity contribution in [3.63, 3.8) is 0 Å². The molecule has 3 N–H and O–H groups in total. The van der Waals surface area contributed by atoms with Gasteiger partial charge in [0.25, 0.3) is 0 Å². The van der Waals surface area contributed by atoms with Crippen LogP contribution in [-0.4, -0.2) is 39.5 Å². The average Bonchev–Trinajstić information content (AvgIpc) is 2.70. The number of hydrogen-bond acceptors (Lipinski definition) is 4. The number of urea groups is 1. The lowest BCUT2D eigenvalue weighted by Crippen LogP contribution is -2.50. The van der Waals surface area contributed by atoms with Crippen LogP contribution in [-0.2, 0) is 6.54 Å². The number of halogens is 1. The number of benzene rings is 1. The predicted octanol–water partition coefficient (Wildman–Crippen LogP) is 3.53. The minimum atomic E-state index is -1.01. The molecule has 0 spiro atoms. The molecule has 3 rings (SSSR count). The minimum absolute atomic E-state index is 0.0712. The summed E-state index contributed by atoms with van der Waals surface area (Å²) in [6.07, 6.45) is 1.69. The summed E-state index contributed by atoms with van der Waals surface area (Å²) in [6.45, 7) is 0.413. The van der Waals surface area contributed by atoms with Crippen LogP contribution in [0.5, 0.6) is 0 Å². The molecule has 0 bridgehead atoms. The van der Waals surface area contributed by atoms with Gasteiger partial charge in [0.1, 0.15) is 4.60 Å². The number of carbonyl (C=O) groups excluding carboxylic acids is 1. The van der Waals surface area contributed by atoms with Gasteiger partial charge >= 0.3 is 12.1 Å². The van der Waals surface area contributed by atoms with E-state index in [1.165, 1.54) is 0 Å². The van der Waals surface area contributed by atoms with E-state index in [2.05, 4.69) is 36.8 Å². The van der Waals surface area contributed by atoms with Crippen molar-refractivity contribution in [3.05, 3.63) is 52.6 Å². The topological polar surface area (TPSA) is 107 Å². The van der Waals surface area contributed by atoms with Crippen LogP contribution in [0.2, 0.25) is 0 Å². The molecule has 2 aromatic rings. The van der Waals surface area contributed by atoms with Crippen LogP contribution >= 0.6 is 15.9 Å². The first-order valence-electron chi connectivity index (χ1n) is 9.12. The van der Waals surface area contributed by atoms with E-state index in [0.29, 0.717) is 42.6 Å². The summed E-state index contributed by atoms with van der Waals surface area (Å²) < 4.78 is 0.593. The first-order chi connectivity index (χ1) is 13.5. The number of hydrogen-bond donors (Lipinski definition) is 3. The highest BCUT2D eigenvalue weighted by atomic mass is 79.9. The van der Waals surface area contributed by atoms with E-state index < -0.39 is 6.09 Å². The van der Waals surface area contributed by atoms with E-state index >= 15 is 0 Å². The van der Waals surface area contributed by atoms with Crippen LogP contribution < -0.4 is 15.5 Å². The monoisotopic (exact) mass is 447 g/mol. The van der Waals surface area contributed by atoms with Crippen molar-refractivity contribution in [3.8, 4) is 0 Å². The molecule has 0 aliphatic heterocycles. The van der Waals surface area contributed by atoms with Gasteiger partial charge in [-0.05, 0) is 59.3 Å². The van der Waals surface area contributed by atoms with E-state index in [1.54, 1.807) is 17.0 Å². The number of carbonyl (C=O) groups is 2. The van der Waals surface area contributed by atoms with Gasteiger partial charge in [-0.3, -0.25) is 4.90 Å². The number of nitrogens with zero attached hydrogens (tertiary/aromatic N) is 3. The molecular weight excluding hydrogens is 426 g/mol. The summed E-state index contributed by atoms with van der Waals surface area (Å²) >= 11 is 3.26. The number of rotatable bonds is 5. The molecule has 1 aliphatic rings. The molecule has 1 saturated carbocycles. The summed E-state index contributed by atoms with van der Waals surface area (Å²) in [6, 6.07) is 12.8. The van der Waals surface area contributed by atoms with Crippen molar-refractivity contribution in [1.82, 2.24) is 20.8 Å². The summed E-state index contributed by atoms with van der Waals surface area (Å²) in [5, 5.41) is 22.5. The van der Waals surface area contributed by atoms with Gasteiger partial charge < -0.3 is 15.7 Å². The molecule has 1 aromatic carbocycles. The van der Waals surface area contributed by atoms with Crippen molar-refractivity contribution in [1.29, 1.82) is 0 Å². The summed E-state index contributed by atoms with van der Waals surface area (Å²) in [5.41, 5.74) is 1.01. The molecule has 1 aliphatic carbocycles. The van der Waals surface area contributed by atoms with Crippen LogP contribution in [0.3, 0.4) is 0 Å². The zero-order valence-electron chi connectivity index (χ0n) is 15.2. The molecule has 0 atom stereocenters. The van der Waals surface area contributed by atoms with Gasteiger partial charge in [0.15, 0.2) is 5.82 Å². The zero-order chi connectivity index (χ0) is 19.9. The Hall–Kier alpha value is -2.68. The maximum absolute atomic E-state index is 13.0. The second kappa shape index (κ2) is 9.50. The highest BCUT2D eigenvalue weighted by Crippen LogP contribution is 2.27. The SMILES string of the molecule is O=C(O)N[C@H]1CC[C@H](N(C(=O)NCc2ccccc2)c2ccc(Br)nn2)CC1. The first-order valence-corrected chi connectivity index (χ1v) is 9.92. The van der Waals surface area contributed by atoms with Crippen LogP contribution in [0.15, 0.2) is 47.1 Å². The fraction of sp³-hybridized carbons (Fsp3) is 0.368. The maximum Gasteiger partial charge on any atom is 0.404 e. The van der Waals surface area contributed by atoms with E-state index in [9.17, 15) is 9.59 Å². The van der Waals surface area contributed by atoms with E-state index in [1.807, 2.05) is 30.3 Å². The van der Waals surface area contributed by atoms with Crippen LogP contribution in [0.1, 0.15) is 31.2 Å². The number of nitrogens with one attached hydrogen (secondary N) is 2. The molecule has 0 unspecified atom stereocenters. The third kappa shape index (κ3) is 5.41. The zero-order valence-corrected chi connectivity index (χ0v) is 16.8. The average molecular weight is 448 g/mol. The molecule has 1 fully saturated rings. The number of carboxylic acid groups (broad SMARTS) is 1. The van der Waals surface area contributed by atoms with Crippen molar-refractivity contribution in [2.24, 2.45) is 0 Å². The Morgan fingerprint density at radius 3 is 2.39 bits per heavy atom. The number of aromatic nitrogens is 2. The van der Waals surface area contributed by atoms with Gasteiger partial charge in [-0.1, -0.05) is 30.3 Å². The van der Waals surface area contributed by atoms with Gasteiger partial charge in [0, 0.05) is 18.6 Å². The summed E-state index contributed by atoms with van der Waals surface area (Å²) in [4.78, 5) is 25.5. The number of amides is 3. The largest absolute Gasteiger partial charge is 0.465 e. The summed E-state index contributed by atoms with van der Waals surface area (Å²) in [5.74, 6) is 0.475. The van der Waals surface area contributed by atoms with Gasteiger partial charge in [-0.2, -0.15) is 0 Å². The van der Waals surface area contributed by atoms with Gasteiger partial charge in [-0.25, -0.2) is 9.59 Å². The van der Waals surface area contributed by atoms with Gasteiger partial charge in [-0.15, -0.1) is 10.2 Å². The quantitative estimate of drug-likeness (QED) is 0.649. The van der Waals surface area contributed by atoms with E-state index in [-0.39, 0.29) is 18.1 Å². The second-order valence-corrected chi connectivity index (χ2v) is 7.50. The van der Waals surface area contributed by atoms with Gasteiger partial charge in [0.2, 0.25) is 0 Å². The van der Waals surface area contributed by atoms with Crippen LogP contribution in [0, 0.1) is 0 Å². The normalized spacial score (nSPS) is 18.9. The van der Waals surface area contributed by atoms with Crippen LogP contribution in [0.4, 0.5) is 15.4 Å². The lowest BCUT2D eigenvalue weighted by molar-refractivity contribution is 0.184. The maximum atomic E-state index is 13.0. The molecule has 0 saturated heterocycles. The van der Waals surface area contributed by atoms with Crippen molar-refractivity contribution in [2.75, 3.05) is 4.90 Å². The Labute approximate surface area is 171 Å². The molecule has 28 heavy (non-hydrogen) atoms. The molecule has 1 aromatic heterocycles. The predicted molar refractivity (Wildman–Crippen MR) is 108 cm³/mol. The highest BCUT2D eigenvalue weighted by molar-refractivity contribution is 9.10. The third-order valence-corrected chi connectivity index (χ3v) is 5.18. The lowest BCUT2D eigenvalue weighted by atomic mass is 9.90. The number of anilines is 1. The highest BCUT2D eigenvalue weighted by Gasteiger charge is 2.31. The second-order valence-electron chi connectivity index (χ2n) is 6.68. The Kier molecular flexibility index (Phi) is 6.80. The molecule has 9 heteroatoms. The smallest absolute Gasteiger partial charge is 0.404 e. The summed E-state index contributed by atoms with van der Waals surface area (Å²) in [7, 11) is 0. The molecule has 8 nitrogen and oxygen atoms in total. The van der Waals surface area contributed by atoms with E-state index in [0.717, 1.165) is 5.56 Å². The molecule has 148 valence electrons. The Morgan fingerprint density at radius 1 is 1.07 bits per heavy atom. The van der Waals surface area contributed by atoms with Crippen LogP contribution in [0.25, 0.3) is 0 Å². The van der Waals surface area contributed by atoms with Gasteiger partial charge in [0.05, 0.1) is 0 Å². The minimum Gasteiger partial charge on any atom is -0.465 e. The third-order valence-electron chi connectivity index (χ3n) is 4.76. The Bertz CT molecular complexity index is 795. The Morgan fingerprint density at radius 2 is 1.79 bits per heavy atom.